The van der Waals surface area contributed by atoms with Gasteiger partial charge in [0.1, 0.15) is 0 Å². The Bertz CT molecular complexity index is 315. The van der Waals surface area contributed by atoms with Gasteiger partial charge in [-0.05, 0) is 25.0 Å². The van der Waals surface area contributed by atoms with Crippen molar-refractivity contribution in [2.24, 2.45) is 0 Å². The van der Waals surface area contributed by atoms with Crippen LogP contribution >= 0.6 is 0 Å². The molecule has 0 radical (unpaired) electrons. The zero-order valence-electron chi connectivity index (χ0n) is 9.21. The lowest BCUT2D eigenvalue weighted by atomic mass is 9.95. The molecule has 1 aromatic carbocycles. The van der Waals surface area contributed by atoms with Gasteiger partial charge in [-0.2, -0.15) is 0 Å². The van der Waals surface area contributed by atoms with Crippen LogP contribution < -0.4 is 0 Å². The zero-order valence-corrected chi connectivity index (χ0v) is 9.21. The van der Waals surface area contributed by atoms with Crippen LogP contribution in [-0.2, 0) is 4.74 Å². The first-order valence-corrected chi connectivity index (χ1v) is 5.04. The highest BCUT2D eigenvalue weighted by Gasteiger charge is 2.11. The van der Waals surface area contributed by atoms with Gasteiger partial charge in [-0.1, -0.05) is 37.8 Å². The summed E-state index contributed by atoms with van der Waals surface area (Å²) in [6.07, 6.45) is 0. The van der Waals surface area contributed by atoms with Crippen LogP contribution in [0.3, 0.4) is 0 Å². The molecule has 1 heteroatoms. The minimum Gasteiger partial charge on any atom is -0.498 e. The molecular weight excluding hydrogens is 172 g/mol. The summed E-state index contributed by atoms with van der Waals surface area (Å²) in [5.74, 6) is 1.12. The molecule has 0 aliphatic heterocycles. The summed E-state index contributed by atoms with van der Waals surface area (Å²) >= 11 is 0. The number of ether oxygens (including phenoxy) is 1. The molecule has 1 rings (SSSR count). The van der Waals surface area contributed by atoms with Crippen molar-refractivity contribution in [3.8, 4) is 0 Å². The standard InChI is InChI=1S/C13H18O/c1-5-14-12(4)11(3)13-9-7-6-8-10(13)2/h6-9,11H,4-5H2,1-3H3. The van der Waals surface area contributed by atoms with E-state index in [1.807, 2.05) is 6.92 Å². The molecule has 0 aromatic heterocycles. The lowest BCUT2D eigenvalue weighted by Crippen LogP contribution is -2.02. The smallest absolute Gasteiger partial charge is 0.0959 e. The van der Waals surface area contributed by atoms with Crippen molar-refractivity contribution >= 4 is 0 Å². The van der Waals surface area contributed by atoms with Gasteiger partial charge in [0, 0.05) is 5.92 Å². The Kier molecular flexibility index (Phi) is 3.75. The maximum absolute atomic E-state index is 5.42. The molecule has 14 heavy (non-hydrogen) atoms. The lowest BCUT2D eigenvalue weighted by molar-refractivity contribution is 0.213. The lowest BCUT2D eigenvalue weighted by Gasteiger charge is -2.17. The van der Waals surface area contributed by atoms with E-state index in [9.17, 15) is 0 Å². The first kappa shape index (κ1) is 10.8. The average molecular weight is 190 g/mol. The Morgan fingerprint density at radius 2 is 2.07 bits per heavy atom. The van der Waals surface area contributed by atoms with Crippen LogP contribution in [0.15, 0.2) is 36.6 Å². The predicted molar refractivity (Wildman–Crippen MR) is 60.4 cm³/mol. The van der Waals surface area contributed by atoms with Gasteiger partial charge in [-0.3, -0.25) is 0 Å². The third-order valence-corrected chi connectivity index (χ3v) is 2.47. The molecule has 0 aliphatic rings. The van der Waals surface area contributed by atoms with E-state index < -0.39 is 0 Å². The zero-order chi connectivity index (χ0) is 10.6. The number of aryl methyl sites for hydroxylation is 1. The van der Waals surface area contributed by atoms with Crippen molar-refractivity contribution in [1.29, 1.82) is 0 Å². The molecule has 0 bridgehead atoms. The van der Waals surface area contributed by atoms with Gasteiger partial charge in [0.2, 0.25) is 0 Å². The summed E-state index contributed by atoms with van der Waals surface area (Å²) in [5, 5.41) is 0. The molecule has 1 unspecified atom stereocenters. The second-order valence-corrected chi connectivity index (χ2v) is 3.48. The molecule has 76 valence electrons. The summed E-state index contributed by atoms with van der Waals surface area (Å²) in [5.41, 5.74) is 2.59. The fourth-order valence-electron chi connectivity index (χ4n) is 1.56. The third kappa shape index (κ3) is 2.38. The van der Waals surface area contributed by atoms with Gasteiger partial charge >= 0.3 is 0 Å². The normalized spacial score (nSPS) is 12.2. The first-order valence-electron chi connectivity index (χ1n) is 5.04. The Labute approximate surface area is 86.4 Å². The molecule has 0 saturated carbocycles. The van der Waals surface area contributed by atoms with Crippen molar-refractivity contribution in [2.45, 2.75) is 26.7 Å². The summed E-state index contributed by atoms with van der Waals surface area (Å²) < 4.78 is 5.42. The van der Waals surface area contributed by atoms with Crippen molar-refractivity contribution in [3.05, 3.63) is 47.7 Å². The largest absolute Gasteiger partial charge is 0.498 e. The minimum atomic E-state index is 0.274. The van der Waals surface area contributed by atoms with E-state index in [4.69, 9.17) is 4.74 Å². The second kappa shape index (κ2) is 4.85. The maximum atomic E-state index is 5.42. The van der Waals surface area contributed by atoms with Gasteiger partial charge < -0.3 is 4.74 Å². The molecule has 1 aromatic rings. The van der Waals surface area contributed by atoms with Gasteiger partial charge in [0.25, 0.3) is 0 Å². The monoisotopic (exact) mass is 190 g/mol. The van der Waals surface area contributed by atoms with Crippen LogP contribution in [0, 0.1) is 6.92 Å². The van der Waals surface area contributed by atoms with Crippen LogP contribution in [0.25, 0.3) is 0 Å². The van der Waals surface area contributed by atoms with Gasteiger partial charge in [-0.15, -0.1) is 0 Å². The molecule has 0 spiro atoms. The van der Waals surface area contributed by atoms with E-state index in [1.54, 1.807) is 0 Å². The average Bonchev–Trinajstić information content (AvgIpc) is 2.18. The molecule has 0 N–H and O–H groups in total. The highest BCUT2D eigenvalue weighted by atomic mass is 16.5. The highest BCUT2D eigenvalue weighted by Crippen LogP contribution is 2.25. The Morgan fingerprint density at radius 1 is 1.43 bits per heavy atom. The van der Waals surface area contributed by atoms with E-state index >= 15 is 0 Å². The molecule has 0 heterocycles. The van der Waals surface area contributed by atoms with Crippen molar-refractivity contribution in [2.75, 3.05) is 6.61 Å². The van der Waals surface area contributed by atoms with Gasteiger partial charge in [0.15, 0.2) is 0 Å². The fraction of sp³-hybridized carbons (Fsp3) is 0.385. The Hall–Kier alpha value is -1.24. The Balaban J connectivity index is 2.84. The van der Waals surface area contributed by atoms with Gasteiger partial charge in [0.05, 0.1) is 12.4 Å². The summed E-state index contributed by atoms with van der Waals surface area (Å²) in [4.78, 5) is 0. The van der Waals surface area contributed by atoms with E-state index in [2.05, 4.69) is 44.7 Å². The van der Waals surface area contributed by atoms with E-state index in [1.165, 1.54) is 11.1 Å². The summed E-state index contributed by atoms with van der Waals surface area (Å²) in [6, 6.07) is 8.35. The number of allylic oxidation sites excluding steroid dienone is 1. The third-order valence-electron chi connectivity index (χ3n) is 2.47. The number of benzene rings is 1. The van der Waals surface area contributed by atoms with E-state index in [0.29, 0.717) is 6.61 Å². The van der Waals surface area contributed by atoms with Crippen molar-refractivity contribution in [1.82, 2.24) is 0 Å². The van der Waals surface area contributed by atoms with Crippen LogP contribution in [0.2, 0.25) is 0 Å². The van der Waals surface area contributed by atoms with Crippen LogP contribution in [-0.4, -0.2) is 6.61 Å². The molecule has 0 saturated heterocycles. The SMILES string of the molecule is C=C(OCC)C(C)c1ccccc1C. The van der Waals surface area contributed by atoms with Crippen molar-refractivity contribution in [3.63, 3.8) is 0 Å². The maximum Gasteiger partial charge on any atom is 0.0959 e. The topological polar surface area (TPSA) is 9.23 Å². The van der Waals surface area contributed by atoms with E-state index in [-0.39, 0.29) is 5.92 Å². The minimum absolute atomic E-state index is 0.274. The number of rotatable bonds is 4. The summed E-state index contributed by atoms with van der Waals surface area (Å²) in [7, 11) is 0. The molecule has 0 fully saturated rings. The Morgan fingerprint density at radius 3 is 2.64 bits per heavy atom. The number of hydrogen-bond donors (Lipinski definition) is 0. The quantitative estimate of drug-likeness (QED) is 0.658. The van der Waals surface area contributed by atoms with E-state index in [0.717, 1.165) is 5.76 Å². The highest BCUT2D eigenvalue weighted by molar-refractivity contribution is 5.32. The van der Waals surface area contributed by atoms with Gasteiger partial charge in [-0.25, -0.2) is 0 Å². The molecule has 1 nitrogen and oxygen atoms in total. The fourth-order valence-corrected chi connectivity index (χ4v) is 1.56. The number of hydrogen-bond acceptors (Lipinski definition) is 1. The second-order valence-electron chi connectivity index (χ2n) is 3.48. The van der Waals surface area contributed by atoms with Crippen LogP contribution in [0.5, 0.6) is 0 Å². The molecule has 1 atom stereocenters. The van der Waals surface area contributed by atoms with Crippen LogP contribution in [0.4, 0.5) is 0 Å². The van der Waals surface area contributed by atoms with Crippen molar-refractivity contribution < 1.29 is 4.74 Å². The summed E-state index contributed by atoms with van der Waals surface area (Å²) in [6.45, 7) is 10.9. The molecule has 0 aliphatic carbocycles. The first-order chi connectivity index (χ1) is 6.66. The molecule has 0 amide bonds. The van der Waals surface area contributed by atoms with Crippen LogP contribution in [0.1, 0.15) is 30.9 Å². The molecular formula is C13H18O. The predicted octanol–water partition coefficient (Wildman–Crippen LogP) is 3.65.